The van der Waals surface area contributed by atoms with Gasteiger partial charge in [-0.1, -0.05) is 107 Å². The molecule has 18 atom stereocenters. The van der Waals surface area contributed by atoms with Crippen molar-refractivity contribution >= 4 is 127 Å². The number of hydrogen-bond acceptors (Lipinski definition) is 35. The van der Waals surface area contributed by atoms with Gasteiger partial charge in [0, 0.05) is 108 Å². The molecule has 4 aromatic rings. The summed E-state index contributed by atoms with van der Waals surface area (Å²) in [7, 11) is 0. The number of hydrogen-bond donors (Lipinski definition) is 23. The lowest BCUT2D eigenvalue weighted by Crippen LogP contribution is -2.66. The molecule has 0 bridgehead atoms. The van der Waals surface area contributed by atoms with E-state index in [4.69, 9.17) is 11.5 Å². The van der Waals surface area contributed by atoms with Crippen molar-refractivity contribution in [3.63, 3.8) is 0 Å². The zero-order chi connectivity index (χ0) is 112. The van der Waals surface area contributed by atoms with Gasteiger partial charge in [-0.3, -0.25) is 107 Å². The minimum atomic E-state index is -2.02. The highest BCUT2D eigenvalue weighted by atomic mass is 16.4. The predicted octanol–water partition coefficient (Wildman–Crippen LogP) is 0.518. The van der Waals surface area contributed by atoms with E-state index in [1.807, 2.05) is 13.8 Å². The van der Waals surface area contributed by atoms with Crippen molar-refractivity contribution in [3.05, 3.63) is 102 Å². The van der Waals surface area contributed by atoms with E-state index in [-0.39, 0.29) is 195 Å². The third-order valence-electron chi connectivity index (χ3n) is 26.2. The first kappa shape index (κ1) is 128. The van der Waals surface area contributed by atoms with E-state index in [1.54, 1.807) is 116 Å². The number of aromatic amines is 1. The molecule has 824 valence electrons. The summed E-state index contributed by atoms with van der Waals surface area (Å²) in [6, 6.07) is 3.30. The second-order valence-corrected chi connectivity index (χ2v) is 40.0. The summed E-state index contributed by atoms with van der Waals surface area (Å²) < 4.78 is 0. The predicted molar refractivity (Wildman–Crippen MR) is 561 cm³/mol. The number of aliphatic carboxylic acids is 1. The first-order chi connectivity index (χ1) is 70.8. The summed E-state index contributed by atoms with van der Waals surface area (Å²) in [6.45, 7) is 23.2. The zero-order valence-electron chi connectivity index (χ0n) is 88.9. The molecule has 0 saturated carbocycles. The Morgan fingerprint density at radius 1 is 0.527 bits per heavy atom. The fourth-order valence-corrected chi connectivity index (χ4v) is 16.3. The van der Waals surface area contributed by atoms with Crippen LogP contribution in [0.25, 0.3) is 10.9 Å². The van der Waals surface area contributed by atoms with E-state index in [2.05, 4.69) is 120 Å². The average Bonchev–Trinajstić information content (AvgIpc) is 1.55. The van der Waals surface area contributed by atoms with Crippen molar-refractivity contribution in [1.82, 2.24) is 96.0 Å². The normalized spacial score (nSPS) is 21.2. The molecule has 3 aromatic carbocycles. The molecule has 1 aliphatic rings. The molecule has 43 heteroatoms. The molecule has 5 rings (SSSR count). The molecule has 25 N–H and O–H groups in total. The summed E-state index contributed by atoms with van der Waals surface area (Å²) in [4.78, 5) is 281. The van der Waals surface area contributed by atoms with Gasteiger partial charge in [0.05, 0.1) is 104 Å². The summed E-state index contributed by atoms with van der Waals surface area (Å²) in [5.74, 6) is -3.92. The van der Waals surface area contributed by atoms with Gasteiger partial charge in [0.15, 0.2) is 40.5 Å². The van der Waals surface area contributed by atoms with Crippen molar-refractivity contribution in [2.45, 2.75) is 353 Å². The third kappa shape index (κ3) is 45.8. The Bertz CT molecular complexity index is 5400. The number of phenols is 1. The van der Waals surface area contributed by atoms with Crippen LogP contribution in [-0.2, 0) is 115 Å². The molecule has 0 radical (unpaired) electrons. The van der Waals surface area contributed by atoms with Crippen LogP contribution in [0.3, 0.4) is 0 Å². The Morgan fingerprint density at radius 2 is 1.06 bits per heavy atom. The number of aliphatic hydroxyl groups is 1. The number of H-pyrrole nitrogens is 1. The van der Waals surface area contributed by atoms with Crippen LogP contribution in [0.15, 0.2) is 85.1 Å². The van der Waals surface area contributed by atoms with Gasteiger partial charge in [0.2, 0.25) is 58.6 Å². The summed E-state index contributed by atoms with van der Waals surface area (Å²) >= 11 is 0. The fraction of sp³-hybridized carbons (Fsp3) is 0.589. The highest BCUT2D eigenvalue weighted by molar-refractivity contribution is 6.42. The molecule has 0 aliphatic carbocycles. The minimum Gasteiger partial charge on any atom is -0.508 e. The van der Waals surface area contributed by atoms with Crippen molar-refractivity contribution in [3.8, 4) is 29.4 Å². The van der Waals surface area contributed by atoms with E-state index in [9.17, 15) is 92.0 Å². The van der Waals surface area contributed by atoms with Crippen LogP contribution in [-0.4, -0.2) is 284 Å². The summed E-state index contributed by atoms with van der Waals surface area (Å²) in [5.41, 5.74) is 26.6. The van der Waals surface area contributed by atoms with Gasteiger partial charge in [0.1, 0.15) is 41.0 Å². The van der Waals surface area contributed by atoms with Gasteiger partial charge < -0.3 is 79.6 Å². The fourth-order valence-electron chi connectivity index (χ4n) is 16.3. The number of ketones is 13. The number of aromatic hydroxyl groups is 1. The largest absolute Gasteiger partial charge is 0.508 e. The van der Waals surface area contributed by atoms with Crippen molar-refractivity contribution in [2.24, 2.45) is 23.3 Å². The molecule has 0 spiro atoms. The molecule has 150 heavy (non-hydrogen) atoms. The van der Waals surface area contributed by atoms with E-state index < -0.39 is 228 Å². The molecular formula is C107H158N20O23. The van der Waals surface area contributed by atoms with Gasteiger partial charge in [-0.2, -0.15) is 0 Å². The second kappa shape index (κ2) is 65.6. The number of para-hydroxylation sites is 1. The van der Waals surface area contributed by atoms with Crippen LogP contribution in [0.2, 0.25) is 0 Å². The lowest BCUT2D eigenvalue weighted by atomic mass is 9.88. The smallest absolute Gasteiger partial charge is 0.303 e. The van der Waals surface area contributed by atoms with Crippen LogP contribution >= 0.6 is 0 Å². The third-order valence-corrected chi connectivity index (χ3v) is 26.2. The first-order valence-corrected chi connectivity index (χ1v) is 51.4. The highest BCUT2D eigenvalue weighted by Gasteiger charge is 2.44. The number of primary amides is 2. The lowest BCUT2D eigenvalue weighted by Gasteiger charge is -2.34. The van der Waals surface area contributed by atoms with E-state index in [0.717, 1.165) is 0 Å². The monoisotopic (exact) mass is 2090 g/mol. The number of Topliss-reactive ketones (excluding diaryl/α,β-unsaturated/α-hetero) is 13. The number of carbonyl (C=O) groups excluding carboxylic acids is 19. The molecule has 2 heterocycles. The molecule has 1 aliphatic heterocycles. The lowest BCUT2D eigenvalue weighted by molar-refractivity contribution is -0.143. The number of fused-ring (bicyclic) bond motifs is 1. The Hall–Kier alpha value is -12.4. The van der Waals surface area contributed by atoms with Gasteiger partial charge in [-0.25, -0.2) is 32.6 Å². The number of nitrogens with two attached hydrogens (primary N) is 2. The molecular weight excluding hydrogens is 1930 g/mol. The van der Waals surface area contributed by atoms with Crippen LogP contribution in [0.4, 0.5) is 0 Å². The number of carbonyl (C=O) groups is 20. The van der Waals surface area contributed by atoms with Gasteiger partial charge in [-0.15, -0.1) is 0 Å². The number of rotatable bonds is 55. The number of amides is 6. The Kier molecular flexibility index (Phi) is 56.0. The van der Waals surface area contributed by atoms with Crippen LogP contribution in [0, 0.1) is 35.5 Å². The average molecular weight is 2090 g/mol. The number of hydrazine groups is 3. The maximum atomic E-state index is 15.6. The zero-order valence-corrected chi connectivity index (χ0v) is 88.9. The number of aliphatic hydroxyl groups excluding tert-OH is 1. The van der Waals surface area contributed by atoms with E-state index in [1.165, 1.54) is 58.9 Å². The SMILES string of the molecule is CC(=O)N[C@@H](CC(C)C)C(=O)N[C@H](C(=O)C(=O)[C@H](Cc1ccccc1)NN[C@]1(C)CCCCC#CC#CCCC[C@@](C)(C(=O)CN[C@@H](C)C(=O)CCN[C@@H](C)C(=O)CCC(=O)[C@H](C)NCCC(=O)[C@H](C)NCCC(=O)[C@H](C)NCN[C@H](C)C(N)=O)NC(=O)[C@H](CC(C)C)NN[C@@H](CCC(N)=O)C(=O)CN[C@@H](C)C(=O)CC(=O)[C@H](Cc2c[nH]c3ccccc23)NN[C@@H](Cc2ccc(O)cc2)C(=O)C(=O)[C@H](CCC(=O)O)NC1=O)[C@@H](C)O. The van der Waals surface area contributed by atoms with Crippen LogP contribution in [0.5, 0.6) is 5.75 Å². The van der Waals surface area contributed by atoms with Crippen LogP contribution < -0.4 is 103 Å². The molecule has 0 saturated heterocycles. The Balaban J connectivity index is 1.47. The second-order valence-electron chi connectivity index (χ2n) is 40.0. The number of carboxylic acid groups (broad SMARTS) is 1. The van der Waals surface area contributed by atoms with Gasteiger partial charge in [-0.05, 0) is 198 Å². The Morgan fingerprint density at radius 3 is 1.63 bits per heavy atom. The van der Waals surface area contributed by atoms with Gasteiger partial charge in [0.25, 0.3) is 0 Å². The molecule has 1 aromatic heterocycles. The number of phenolic OH excluding ortho intramolecular Hbond substituents is 1. The topological polar surface area (TPSA) is 674 Å². The van der Waals surface area contributed by atoms with Crippen LogP contribution in [0.1, 0.15) is 243 Å². The highest BCUT2D eigenvalue weighted by Crippen LogP contribution is 2.25. The minimum absolute atomic E-state index is 0.0362. The van der Waals surface area contributed by atoms with E-state index in [0.29, 0.717) is 27.6 Å². The first-order valence-electron chi connectivity index (χ1n) is 51.4. The van der Waals surface area contributed by atoms with Crippen molar-refractivity contribution < 1.29 is 111 Å². The van der Waals surface area contributed by atoms with Gasteiger partial charge >= 0.3 is 5.97 Å². The summed E-state index contributed by atoms with van der Waals surface area (Å²) in [6.07, 6.45) is -3.21. The van der Waals surface area contributed by atoms with Crippen molar-refractivity contribution in [1.29, 1.82) is 0 Å². The number of aromatic nitrogens is 1. The molecule has 6 amide bonds. The van der Waals surface area contributed by atoms with E-state index >= 15 is 19.2 Å². The molecule has 0 fully saturated rings. The van der Waals surface area contributed by atoms with Crippen molar-refractivity contribution in [2.75, 3.05) is 39.4 Å². The molecule has 43 nitrogen and oxygen atoms in total. The number of benzene rings is 3. The standard InChI is InChI=1S/C107H158N20O23/c1-62(2)52-84(118-72(13)129)103(148)120-97(71(12)128)101(146)100(145)83(54-73-30-24-23-25-31-73)126-127-107(15)48-29-22-20-18-16-17-19-21-28-47-106(14,94(139)60-114-67(8)89(134)45-50-111-65(6)87(132)41-40-86(131)64(5)110-49-44-88(133)66(7)112-51-46-90(135)68(9)116-61-117-70(11)102(109)147)121-104(149)85(53-63(3)4)125-122-79(38-42-95(108)140)93(138)59-113-69(10)91(136)57-92(137)81(56-75-58-115-78-33-27-26-32-77(75)78)123-124-82(55-74-34-36-76(130)37-35-74)99(144)98(143)80(119-105(107)150)39-43-96(141)142/h23-27,30-37,58,62-71,79-85,97,110-117,122-128,130H,20-22,28-29,38-57,59-61H2,1-15H3,(H2,108,140)(H2,109,147)(H,118,129)(H,119,150)(H,120,148)(H,121,149)(H,141,142)/t64-,65-,66-,67-,68-,69-,70+,71+,79-,80-,81-,82-,83-,84-,85-,97-,106-,107+/m0/s1. The maximum Gasteiger partial charge on any atom is 0.303 e. The maximum absolute atomic E-state index is 15.6. The Labute approximate surface area is 877 Å². The summed E-state index contributed by atoms with van der Waals surface area (Å²) in [5, 5.41) is 63.8. The number of carboxylic acids is 1. The number of nitrogens with one attached hydrogen (secondary N) is 18. The molecule has 0 unspecified atom stereocenters. The quantitative estimate of drug-likeness (QED) is 0.00942.